The molecule has 11 heavy (non-hydrogen) atoms. The lowest BCUT2D eigenvalue weighted by molar-refractivity contribution is -0.133. The maximum absolute atomic E-state index is 11.6. The Morgan fingerprint density at radius 2 is 2.00 bits per heavy atom. The van der Waals surface area contributed by atoms with Crippen LogP contribution in [0.1, 0.15) is 6.42 Å². The molecular formula is C7H9F3O. The van der Waals surface area contributed by atoms with E-state index < -0.39 is 12.6 Å². The van der Waals surface area contributed by atoms with Crippen molar-refractivity contribution in [2.45, 2.75) is 12.6 Å². The fraction of sp³-hybridized carbons (Fsp3) is 0.429. The molecule has 0 saturated heterocycles. The van der Waals surface area contributed by atoms with Crippen molar-refractivity contribution in [3.8, 4) is 0 Å². The summed E-state index contributed by atoms with van der Waals surface area (Å²) in [7, 11) is 0. The molecule has 0 aliphatic carbocycles. The van der Waals surface area contributed by atoms with Crippen LogP contribution in [0.15, 0.2) is 25.0 Å². The van der Waals surface area contributed by atoms with Gasteiger partial charge in [-0.1, -0.05) is 19.2 Å². The van der Waals surface area contributed by atoms with Gasteiger partial charge in [0.2, 0.25) is 0 Å². The van der Waals surface area contributed by atoms with E-state index in [9.17, 15) is 13.2 Å². The second-order valence-corrected chi connectivity index (χ2v) is 1.93. The molecule has 0 spiro atoms. The predicted octanol–water partition coefficient (Wildman–Crippen LogP) is 2.66. The minimum Gasteiger partial charge on any atom is -0.494 e. The van der Waals surface area contributed by atoms with Gasteiger partial charge in [-0.25, -0.2) is 0 Å². The average Bonchev–Trinajstić information content (AvgIpc) is 1.79. The van der Waals surface area contributed by atoms with Gasteiger partial charge in [0.25, 0.3) is 0 Å². The van der Waals surface area contributed by atoms with Gasteiger partial charge in [0.05, 0.1) is 5.76 Å². The lowest BCUT2D eigenvalue weighted by atomic mass is 10.4. The standard InChI is InChI=1S/C7H9F3O/c1-3-4-11-6(2)5-7(8,9)10/h3H,1-2,4-5H2. The Labute approximate surface area is 63.2 Å². The van der Waals surface area contributed by atoms with E-state index in [4.69, 9.17) is 0 Å². The molecule has 0 radical (unpaired) electrons. The highest BCUT2D eigenvalue weighted by atomic mass is 19.4. The van der Waals surface area contributed by atoms with Crippen molar-refractivity contribution in [1.82, 2.24) is 0 Å². The van der Waals surface area contributed by atoms with Crippen molar-refractivity contribution >= 4 is 0 Å². The summed E-state index contributed by atoms with van der Waals surface area (Å²) < 4.78 is 39.2. The number of allylic oxidation sites excluding steroid dienone is 1. The molecule has 0 fully saturated rings. The second kappa shape index (κ2) is 4.05. The van der Waals surface area contributed by atoms with Crippen molar-refractivity contribution in [2.75, 3.05) is 6.61 Å². The molecule has 64 valence electrons. The average molecular weight is 166 g/mol. The largest absolute Gasteiger partial charge is 0.494 e. The highest BCUT2D eigenvalue weighted by molar-refractivity contribution is 4.86. The summed E-state index contributed by atoms with van der Waals surface area (Å²) in [5.41, 5.74) is 0. The topological polar surface area (TPSA) is 9.23 Å². The normalized spacial score (nSPS) is 10.8. The fourth-order valence-corrected chi connectivity index (χ4v) is 0.451. The van der Waals surface area contributed by atoms with Gasteiger partial charge in [0, 0.05) is 0 Å². The summed E-state index contributed by atoms with van der Waals surface area (Å²) in [6, 6.07) is 0. The molecule has 0 aliphatic heterocycles. The molecule has 0 atom stereocenters. The first-order chi connectivity index (χ1) is 4.95. The number of hydrogen-bond acceptors (Lipinski definition) is 1. The number of hydrogen-bond donors (Lipinski definition) is 0. The third-order valence-electron chi connectivity index (χ3n) is 0.803. The third kappa shape index (κ3) is 6.96. The number of rotatable bonds is 4. The molecule has 1 nitrogen and oxygen atoms in total. The van der Waals surface area contributed by atoms with E-state index in [0.717, 1.165) is 0 Å². The maximum Gasteiger partial charge on any atom is 0.396 e. The van der Waals surface area contributed by atoms with E-state index in [2.05, 4.69) is 17.9 Å². The zero-order valence-electron chi connectivity index (χ0n) is 5.95. The first-order valence-corrected chi connectivity index (χ1v) is 2.94. The zero-order chi connectivity index (χ0) is 8.91. The Bertz CT molecular complexity index is 148. The molecule has 0 unspecified atom stereocenters. The monoisotopic (exact) mass is 166 g/mol. The van der Waals surface area contributed by atoms with Gasteiger partial charge in [-0.05, 0) is 0 Å². The molecule has 0 N–H and O–H groups in total. The smallest absolute Gasteiger partial charge is 0.396 e. The highest BCUT2D eigenvalue weighted by Gasteiger charge is 2.28. The molecule has 0 saturated carbocycles. The van der Waals surface area contributed by atoms with Crippen LogP contribution < -0.4 is 0 Å². The van der Waals surface area contributed by atoms with Crippen LogP contribution in [0.3, 0.4) is 0 Å². The summed E-state index contributed by atoms with van der Waals surface area (Å²) in [6.45, 7) is 6.43. The van der Waals surface area contributed by atoms with Crippen molar-refractivity contribution in [3.05, 3.63) is 25.0 Å². The molecule has 0 heterocycles. The van der Waals surface area contributed by atoms with Gasteiger partial charge >= 0.3 is 6.18 Å². The third-order valence-corrected chi connectivity index (χ3v) is 0.803. The first kappa shape index (κ1) is 10.1. The van der Waals surface area contributed by atoms with E-state index in [0.29, 0.717) is 0 Å². The predicted molar refractivity (Wildman–Crippen MR) is 36.0 cm³/mol. The van der Waals surface area contributed by atoms with Gasteiger partial charge in [-0.15, -0.1) is 0 Å². The quantitative estimate of drug-likeness (QED) is 0.460. The minimum atomic E-state index is -4.24. The van der Waals surface area contributed by atoms with Crippen molar-refractivity contribution in [2.24, 2.45) is 0 Å². The maximum atomic E-state index is 11.6. The summed E-state index contributed by atoms with van der Waals surface area (Å²) >= 11 is 0. The molecule has 0 amide bonds. The van der Waals surface area contributed by atoms with Crippen molar-refractivity contribution < 1.29 is 17.9 Å². The van der Waals surface area contributed by atoms with Crippen LogP contribution in [0, 0.1) is 0 Å². The molecule has 0 aromatic rings. The van der Waals surface area contributed by atoms with E-state index in [1.165, 1.54) is 6.08 Å². The molecule has 4 heteroatoms. The molecule has 0 aromatic carbocycles. The van der Waals surface area contributed by atoms with Crippen molar-refractivity contribution in [3.63, 3.8) is 0 Å². The Morgan fingerprint density at radius 1 is 1.45 bits per heavy atom. The lowest BCUT2D eigenvalue weighted by Gasteiger charge is -2.08. The zero-order valence-corrected chi connectivity index (χ0v) is 5.95. The van der Waals surface area contributed by atoms with Crippen LogP contribution in [0.2, 0.25) is 0 Å². The molecule has 0 aromatic heterocycles. The SMILES string of the molecule is C=CCOC(=C)CC(F)(F)F. The fourth-order valence-electron chi connectivity index (χ4n) is 0.451. The summed E-state index contributed by atoms with van der Waals surface area (Å²) in [5, 5.41) is 0. The van der Waals surface area contributed by atoms with E-state index in [1.807, 2.05) is 0 Å². The van der Waals surface area contributed by atoms with Crippen LogP contribution in [-0.2, 0) is 4.74 Å². The molecule has 0 rings (SSSR count). The van der Waals surface area contributed by atoms with Gasteiger partial charge in [-0.3, -0.25) is 0 Å². The molecular weight excluding hydrogens is 157 g/mol. The van der Waals surface area contributed by atoms with Crippen LogP contribution in [0.25, 0.3) is 0 Å². The Kier molecular flexibility index (Phi) is 3.71. The highest BCUT2D eigenvalue weighted by Crippen LogP contribution is 2.23. The van der Waals surface area contributed by atoms with Crippen LogP contribution in [0.4, 0.5) is 13.2 Å². The van der Waals surface area contributed by atoms with Gasteiger partial charge in [0.1, 0.15) is 13.0 Å². The van der Waals surface area contributed by atoms with Gasteiger partial charge < -0.3 is 4.74 Å². The first-order valence-electron chi connectivity index (χ1n) is 2.94. The summed E-state index contributed by atoms with van der Waals surface area (Å²) in [4.78, 5) is 0. The lowest BCUT2D eigenvalue weighted by Crippen LogP contribution is -2.09. The van der Waals surface area contributed by atoms with E-state index in [1.54, 1.807) is 0 Å². The second-order valence-electron chi connectivity index (χ2n) is 1.93. The van der Waals surface area contributed by atoms with Crippen LogP contribution in [0.5, 0.6) is 0 Å². The minimum absolute atomic E-state index is 0.0644. The van der Waals surface area contributed by atoms with E-state index in [-0.39, 0.29) is 12.4 Å². The van der Waals surface area contributed by atoms with Gasteiger partial charge in [0.15, 0.2) is 0 Å². The number of ether oxygens (including phenoxy) is 1. The van der Waals surface area contributed by atoms with Crippen molar-refractivity contribution in [1.29, 1.82) is 0 Å². The summed E-state index contributed by atoms with van der Waals surface area (Å²) in [6.07, 6.45) is -3.97. The Balaban J connectivity index is 3.61. The molecule has 0 bridgehead atoms. The number of alkyl halides is 3. The van der Waals surface area contributed by atoms with E-state index >= 15 is 0 Å². The Hall–Kier alpha value is -0.930. The molecule has 0 aliphatic rings. The van der Waals surface area contributed by atoms with Crippen LogP contribution in [-0.4, -0.2) is 12.8 Å². The summed E-state index contributed by atoms with van der Waals surface area (Å²) in [5.74, 6) is -0.280. The number of halogens is 3. The van der Waals surface area contributed by atoms with Gasteiger partial charge in [-0.2, -0.15) is 13.2 Å². The Morgan fingerprint density at radius 3 is 2.36 bits per heavy atom. The van der Waals surface area contributed by atoms with Crippen LogP contribution >= 0.6 is 0 Å².